The monoisotopic (exact) mass is 344 g/mol. The molecule has 0 saturated carbocycles. The van der Waals surface area contributed by atoms with Gasteiger partial charge in [0.1, 0.15) is 6.04 Å². The molecule has 1 aromatic carbocycles. The van der Waals surface area contributed by atoms with E-state index < -0.39 is 27.0 Å². The summed E-state index contributed by atoms with van der Waals surface area (Å²) in [6.45, 7) is 4.88. The maximum absolute atomic E-state index is 12.4. The van der Waals surface area contributed by atoms with Crippen LogP contribution < -0.4 is 4.72 Å². The summed E-state index contributed by atoms with van der Waals surface area (Å²) in [4.78, 5) is 21.2. The van der Waals surface area contributed by atoms with Gasteiger partial charge in [-0.25, -0.2) is 8.42 Å². The van der Waals surface area contributed by atoms with Gasteiger partial charge in [-0.2, -0.15) is 4.72 Å². The highest BCUT2D eigenvalue weighted by molar-refractivity contribution is 7.89. The summed E-state index contributed by atoms with van der Waals surface area (Å²) in [6, 6.07) is 1.10. The first kappa shape index (κ1) is 19.0. The van der Waals surface area contributed by atoms with Crippen molar-refractivity contribution in [2.45, 2.75) is 51.0 Å². The van der Waals surface area contributed by atoms with Crippen LogP contribution in [0.15, 0.2) is 17.0 Å². The number of nitrogens with zero attached hydrogens (tertiary/aromatic N) is 1. The van der Waals surface area contributed by atoms with Crippen molar-refractivity contribution in [1.82, 2.24) is 4.72 Å². The second-order valence-electron chi connectivity index (χ2n) is 5.32. The van der Waals surface area contributed by atoms with Crippen molar-refractivity contribution < 1.29 is 23.2 Å². The van der Waals surface area contributed by atoms with Gasteiger partial charge in [-0.05, 0) is 31.9 Å². The summed E-state index contributed by atoms with van der Waals surface area (Å²) < 4.78 is 27.0. The first-order valence-electron chi connectivity index (χ1n) is 7.11. The molecule has 1 aromatic rings. The van der Waals surface area contributed by atoms with E-state index in [2.05, 4.69) is 4.72 Å². The molecule has 9 heteroatoms. The Morgan fingerprint density at radius 2 is 1.96 bits per heavy atom. The van der Waals surface area contributed by atoms with Gasteiger partial charge in [0.15, 0.2) is 0 Å². The van der Waals surface area contributed by atoms with Crippen LogP contribution >= 0.6 is 0 Å². The molecule has 0 aliphatic carbocycles. The quantitative estimate of drug-likeness (QED) is 0.549. The maximum Gasteiger partial charge on any atom is 0.321 e. The number of carboxylic acid groups (broad SMARTS) is 1. The molecular formula is C14H20N2O6S. The summed E-state index contributed by atoms with van der Waals surface area (Å²) in [6.07, 6.45) is 1.42. The van der Waals surface area contributed by atoms with Crippen molar-refractivity contribution in [2.24, 2.45) is 0 Å². The Kier molecular flexibility index (Phi) is 6.22. The van der Waals surface area contributed by atoms with Crippen molar-refractivity contribution in [2.75, 3.05) is 0 Å². The number of hydrogen-bond donors (Lipinski definition) is 2. The van der Waals surface area contributed by atoms with Crippen molar-refractivity contribution in [3.8, 4) is 0 Å². The number of aliphatic carboxylic acids is 1. The number of rotatable bonds is 8. The van der Waals surface area contributed by atoms with Gasteiger partial charge in [0.2, 0.25) is 10.0 Å². The lowest BCUT2D eigenvalue weighted by atomic mass is 10.1. The van der Waals surface area contributed by atoms with Crippen LogP contribution in [0.1, 0.15) is 37.3 Å². The number of benzene rings is 1. The lowest BCUT2D eigenvalue weighted by molar-refractivity contribution is -0.385. The van der Waals surface area contributed by atoms with E-state index in [4.69, 9.17) is 5.11 Å². The molecule has 0 bridgehead atoms. The third kappa shape index (κ3) is 4.73. The molecule has 1 atom stereocenters. The summed E-state index contributed by atoms with van der Waals surface area (Å²) in [5.74, 6) is -1.28. The molecule has 0 spiro atoms. The molecule has 1 rings (SSSR count). The highest BCUT2D eigenvalue weighted by atomic mass is 32.2. The van der Waals surface area contributed by atoms with Crippen LogP contribution in [0.2, 0.25) is 0 Å². The number of unbranched alkanes of at least 4 members (excludes halogenated alkanes) is 1. The van der Waals surface area contributed by atoms with Gasteiger partial charge < -0.3 is 5.11 Å². The first-order chi connectivity index (χ1) is 10.6. The largest absolute Gasteiger partial charge is 0.480 e. The maximum atomic E-state index is 12.4. The SMILES string of the molecule is CCCCC(NS(=O)(=O)c1cc([N+](=O)[O-])c(C)cc1C)C(=O)O. The van der Waals surface area contributed by atoms with Crippen molar-refractivity contribution in [3.05, 3.63) is 33.4 Å². The highest BCUT2D eigenvalue weighted by Crippen LogP contribution is 2.26. The van der Waals surface area contributed by atoms with Crippen molar-refractivity contribution >= 4 is 21.7 Å². The van der Waals surface area contributed by atoms with E-state index in [0.29, 0.717) is 17.5 Å². The zero-order valence-corrected chi connectivity index (χ0v) is 14.0. The minimum absolute atomic E-state index is 0.151. The summed E-state index contributed by atoms with van der Waals surface area (Å²) in [7, 11) is -4.17. The minimum atomic E-state index is -4.17. The standard InChI is InChI=1S/C14H20N2O6S/c1-4-5-6-11(14(17)18)15-23(21,22)13-8-12(16(19)20)9(2)7-10(13)3/h7-8,11,15H,4-6H2,1-3H3,(H,17,18). The number of nitro groups is 1. The van der Waals surface area contributed by atoms with Crippen molar-refractivity contribution in [3.63, 3.8) is 0 Å². The number of carboxylic acids is 1. The van der Waals surface area contributed by atoms with Gasteiger partial charge in [0, 0.05) is 11.6 Å². The predicted molar refractivity (Wildman–Crippen MR) is 83.8 cm³/mol. The van der Waals surface area contributed by atoms with E-state index in [1.807, 2.05) is 6.92 Å². The minimum Gasteiger partial charge on any atom is -0.480 e. The Hall–Kier alpha value is -2.00. The van der Waals surface area contributed by atoms with Gasteiger partial charge in [-0.3, -0.25) is 14.9 Å². The summed E-state index contributed by atoms with van der Waals surface area (Å²) in [5, 5.41) is 20.1. The number of sulfonamides is 1. The molecule has 0 heterocycles. The van der Waals surface area contributed by atoms with Gasteiger partial charge in [-0.1, -0.05) is 19.8 Å². The van der Waals surface area contributed by atoms with E-state index in [1.165, 1.54) is 19.9 Å². The molecule has 1 unspecified atom stereocenters. The second-order valence-corrected chi connectivity index (χ2v) is 7.00. The molecule has 0 aliphatic heterocycles. The van der Waals surface area contributed by atoms with Crippen LogP contribution in [-0.4, -0.2) is 30.5 Å². The second kappa shape index (κ2) is 7.51. The zero-order chi connectivity index (χ0) is 17.8. The molecule has 2 N–H and O–H groups in total. The molecule has 0 aliphatic rings. The molecular weight excluding hydrogens is 324 g/mol. The number of hydrogen-bond acceptors (Lipinski definition) is 5. The number of carbonyl (C=O) groups is 1. The number of aryl methyl sites for hydroxylation is 2. The Bertz CT molecular complexity index is 714. The normalized spacial score (nSPS) is 12.8. The fourth-order valence-electron chi connectivity index (χ4n) is 2.20. The average molecular weight is 344 g/mol. The third-order valence-electron chi connectivity index (χ3n) is 3.42. The first-order valence-corrected chi connectivity index (χ1v) is 8.59. The summed E-state index contributed by atoms with van der Waals surface area (Å²) in [5.41, 5.74) is 0.337. The molecule has 8 nitrogen and oxygen atoms in total. The molecule has 23 heavy (non-hydrogen) atoms. The smallest absolute Gasteiger partial charge is 0.321 e. The van der Waals surface area contributed by atoms with Crippen LogP contribution in [0.25, 0.3) is 0 Å². The van der Waals surface area contributed by atoms with E-state index in [1.54, 1.807) is 0 Å². The van der Waals surface area contributed by atoms with Crippen LogP contribution in [-0.2, 0) is 14.8 Å². The molecule has 0 radical (unpaired) electrons. The van der Waals surface area contributed by atoms with Crippen LogP contribution in [0.3, 0.4) is 0 Å². The lowest BCUT2D eigenvalue weighted by Crippen LogP contribution is -2.40. The zero-order valence-electron chi connectivity index (χ0n) is 13.2. The van der Waals surface area contributed by atoms with E-state index in [0.717, 1.165) is 12.5 Å². The van der Waals surface area contributed by atoms with Crippen molar-refractivity contribution in [1.29, 1.82) is 0 Å². The fraction of sp³-hybridized carbons (Fsp3) is 0.500. The lowest BCUT2D eigenvalue weighted by Gasteiger charge is -2.16. The Labute approximate surface area is 134 Å². The molecule has 128 valence electrons. The molecule has 0 amide bonds. The predicted octanol–water partition coefficient (Wildman–Crippen LogP) is 2.13. The van der Waals surface area contributed by atoms with E-state index in [9.17, 15) is 23.3 Å². The van der Waals surface area contributed by atoms with Gasteiger partial charge in [0.05, 0.1) is 9.82 Å². The van der Waals surface area contributed by atoms with Gasteiger partial charge in [-0.15, -0.1) is 0 Å². The third-order valence-corrected chi connectivity index (χ3v) is 5.04. The van der Waals surface area contributed by atoms with Crippen LogP contribution in [0, 0.1) is 24.0 Å². The van der Waals surface area contributed by atoms with Gasteiger partial charge >= 0.3 is 5.97 Å². The Morgan fingerprint density at radius 3 is 2.43 bits per heavy atom. The van der Waals surface area contributed by atoms with E-state index >= 15 is 0 Å². The summed E-state index contributed by atoms with van der Waals surface area (Å²) >= 11 is 0. The average Bonchev–Trinajstić information content (AvgIpc) is 2.42. The Morgan fingerprint density at radius 1 is 1.35 bits per heavy atom. The molecule has 0 saturated heterocycles. The number of nitro benzene ring substituents is 1. The van der Waals surface area contributed by atoms with Gasteiger partial charge in [0.25, 0.3) is 5.69 Å². The van der Waals surface area contributed by atoms with E-state index in [-0.39, 0.29) is 17.0 Å². The molecule has 0 fully saturated rings. The topological polar surface area (TPSA) is 127 Å². The fourth-order valence-corrected chi connectivity index (χ4v) is 3.67. The highest BCUT2D eigenvalue weighted by Gasteiger charge is 2.28. The number of nitrogens with one attached hydrogen (secondary N) is 1. The van der Waals surface area contributed by atoms with Crippen LogP contribution in [0.4, 0.5) is 5.69 Å². The molecule has 0 aromatic heterocycles. The Balaban J connectivity index is 3.24. The van der Waals surface area contributed by atoms with Crippen LogP contribution in [0.5, 0.6) is 0 Å².